The molecule has 0 saturated heterocycles. The van der Waals surface area contributed by atoms with Crippen LogP contribution in [0.25, 0.3) is 0 Å². The molecule has 18 heavy (non-hydrogen) atoms. The smallest absolute Gasteiger partial charge is 0.490 e. The van der Waals surface area contributed by atoms with Crippen molar-refractivity contribution >= 4 is 5.82 Å². The Morgan fingerprint density at radius 3 is 2.50 bits per heavy atom. The van der Waals surface area contributed by atoms with Crippen LogP contribution in [0, 0.1) is 10.1 Å². The van der Waals surface area contributed by atoms with E-state index in [0.717, 1.165) is 7.11 Å². The van der Waals surface area contributed by atoms with E-state index in [0.29, 0.717) is 6.20 Å². The van der Waals surface area contributed by atoms with Crippen LogP contribution >= 0.6 is 0 Å². The molecule has 0 N–H and O–H groups in total. The van der Waals surface area contributed by atoms with E-state index in [1.165, 1.54) is 0 Å². The van der Waals surface area contributed by atoms with E-state index in [1.54, 1.807) is 0 Å². The van der Waals surface area contributed by atoms with Gasteiger partial charge in [0, 0.05) is 0 Å². The van der Waals surface area contributed by atoms with Gasteiger partial charge in [-0.3, -0.25) is 0 Å². The number of rotatable bonds is 4. The minimum Gasteiger partial charge on any atom is -0.490 e. The average molecular weight is 270 g/mol. The van der Waals surface area contributed by atoms with E-state index in [4.69, 9.17) is 0 Å². The molecule has 1 heterocycles. The van der Waals surface area contributed by atoms with Crippen LogP contribution in [0.4, 0.5) is 23.4 Å². The molecule has 10 heteroatoms. The molecule has 1 aromatic heterocycles. The van der Waals surface area contributed by atoms with E-state index < -0.39 is 40.8 Å². The highest BCUT2D eigenvalue weighted by Crippen LogP contribution is 2.39. The molecule has 1 rings (SSSR count). The zero-order valence-electron chi connectivity index (χ0n) is 8.82. The van der Waals surface area contributed by atoms with E-state index in [2.05, 4.69) is 14.5 Å². The third kappa shape index (κ3) is 2.96. The first-order chi connectivity index (χ1) is 8.30. The summed E-state index contributed by atoms with van der Waals surface area (Å²) in [6, 6.07) is 0. The average Bonchev–Trinajstić information content (AvgIpc) is 2.26. The predicted molar refractivity (Wildman–Crippen MR) is 48.9 cm³/mol. The van der Waals surface area contributed by atoms with Gasteiger partial charge >= 0.3 is 12.2 Å². The number of nitro groups is 1. The summed E-state index contributed by atoms with van der Waals surface area (Å²) in [5.74, 6) is -2.71. The maximum Gasteiger partial charge on any atom is 0.573 e. The van der Waals surface area contributed by atoms with Gasteiger partial charge in [-0.2, -0.15) is 0 Å². The minimum absolute atomic E-state index is 0.550. The first kappa shape index (κ1) is 13.9. The molecule has 0 bridgehead atoms. The summed E-state index contributed by atoms with van der Waals surface area (Å²) in [5.41, 5.74) is -0.934. The Kier molecular flexibility index (Phi) is 3.89. The van der Waals surface area contributed by atoms with Crippen molar-refractivity contribution in [2.24, 2.45) is 0 Å². The number of methoxy groups -OCH3 is 1. The van der Waals surface area contributed by atoms with Crippen molar-refractivity contribution < 1.29 is 32.0 Å². The van der Waals surface area contributed by atoms with E-state index in [9.17, 15) is 27.7 Å². The first-order valence-electron chi connectivity index (χ1n) is 4.32. The van der Waals surface area contributed by atoms with Crippen LogP contribution in [-0.2, 0) is 6.67 Å². The van der Waals surface area contributed by atoms with Gasteiger partial charge in [-0.15, -0.1) is 13.2 Å². The second-order valence-electron chi connectivity index (χ2n) is 2.90. The summed E-state index contributed by atoms with van der Waals surface area (Å²) >= 11 is 0. The third-order valence-electron chi connectivity index (χ3n) is 1.82. The van der Waals surface area contributed by atoms with Crippen molar-refractivity contribution in [2.45, 2.75) is 13.0 Å². The molecule has 0 aliphatic carbocycles. The Bertz CT molecular complexity index is 463. The second-order valence-corrected chi connectivity index (χ2v) is 2.90. The highest BCUT2D eigenvalue weighted by Gasteiger charge is 2.36. The number of pyridine rings is 1. The van der Waals surface area contributed by atoms with Crippen molar-refractivity contribution in [3.8, 4) is 11.5 Å². The molecule has 0 aliphatic heterocycles. The van der Waals surface area contributed by atoms with Gasteiger partial charge in [-0.05, 0) is 9.91 Å². The van der Waals surface area contributed by atoms with Crippen molar-refractivity contribution in [1.29, 1.82) is 0 Å². The number of hydrogen-bond acceptors (Lipinski definition) is 5. The van der Waals surface area contributed by atoms with E-state index in [-0.39, 0.29) is 0 Å². The van der Waals surface area contributed by atoms with Gasteiger partial charge in [0.25, 0.3) is 0 Å². The third-order valence-corrected chi connectivity index (χ3v) is 1.82. The second kappa shape index (κ2) is 5.02. The number of alkyl halides is 4. The standard InChI is InChI=1S/C8H6F4N2O4/c1-17-5-3-13-7(14(15)16)4(2-9)6(5)18-8(10,11)12/h3H,2H2,1H3. The lowest BCUT2D eigenvalue weighted by Gasteiger charge is -2.13. The fourth-order valence-electron chi connectivity index (χ4n) is 1.16. The van der Waals surface area contributed by atoms with Crippen LogP contribution in [0.5, 0.6) is 11.5 Å². The first-order valence-corrected chi connectivity index (χ1v) is 4.32. The van der Waals surface area contributed by atoms with Crippen molar-refractivity contribution in [1.82, 2.24) is 4.98 Å². The number of hydrogen-bond donors (Lipinski definition) is 0. The van der Waals surface area contributed by atoms with Crippen LogP contribution in [-0.4, -0.2) is 23.4 Å². The molecule has 6 nitrogen and oxygen atoms in total. The molecular weight excluding hydrogens is 264 g/mol. The fraction of sp³-hybridized carbons (Fsp3) is 0.375. The summed E-state index contributed by atoms with van der Waals surface area (Å²) in [4.78, 5) is 12.6. The lowest BCUT2D eigenvalue weighted by atomic mass is 10.2. The lowest BCUT2D eigenvalue weighted by Crippen LogP contribution is -2.19. The molecule has 0 saturated carbocycles. The topological polar surface area (TPSA) is 74.5 Å². The van der Waals surface area contributed by atoms with E-state index >= 15 is 0 Å². The van der Waals surface area contributed by atoms with E-state index in [1.807, 2.05) is 0 Å². The van der Waals surface area contributed by atoms with Gasteiger partial charge in [-0.25, -0.2) is 4.39 Å². The number of nitrogens with zero attached hydrogens (tertiary/aromatic N) is 2. The summed E-state index contributed by atoms with van der Waals surface area (Å²) in [5, 5.41) is 10.5. The highest BCUT2D eigenvalue weighted by molar-refractivity contribution is 5.52. The Morgan fingerprint density at radius 2 is 2.11 bits per heavy atom. The summed E-state index contributed by atoms with van der Waals surface area (Å²) in [6.45, 7) is -1.55. The molecule has 0 unspecified atom stereocenters. The number of aromatic nitrogens is 1. The summed E-state index contributed by atoms with van der Waals surface area (Å²) < 4.78 is 57.0. The Hall–Kier alpha value is -2.13. The van der Waals surface area contributed by atoms with Crippen LogP contribution in [0.3, 0.4) is 0 Å². The molecule has 100 valence electrons. The highest BCUT2D eigenvalue weighted by atomic mass is 19.4. The van der Waals surface area contributed by atoms with Crippen molar-refractivity contribution in [3.05, 3.63) is 21.9 Å². The number of ether oxygens (including phenoxy) is 2. The largest absolute Gasteiger partial charge is 0.573 e. The number of halogens is 4. The van der Waals surface area contributed by atoms with Gasteiger partial charge in [0.05, 0.1) is 7.11 Å². The van der Waals surface area contributed by atoms with Crippen molar-refractivity contribution in [3.63, 3.8) is 0 Å². The molecule has 0 aliphatic rings. The molecule has 0 spiro atoms. The quantitative estimate of drug-likeness (QED) is 0.477. The Morgan fingerprint density at radius 1 is 1.50 bits per heavy atom. The zero-order valence-corrected chi connectivity index (χ0v) is 8.82. The normalized spacial score (nSPS) is 11.2. The van der Waals surface area contributed by atoms with Gasteiger partial charge in [0.2, 0.25) is 5.75 Å². The van der Waals surface area contributed by atoms with Gasteiger partial charge in [0.1, 0.15) is 12.2 Å². The van der Waals surface area contributed by atoms with Gasteiger partial charge in [-0.1, -0.05) is 0 Å². The molecule has 0 radical (unpaired) electrons. The molecule has 0 atom stereocenters. The SMILES string of the molecule is COc1cnc([N+](=O)[O-])c(CF)c1OC(F)(F)F. The summed E-state index contributed by atoms with van der Waals surface area (Å²) in [6.07, 6.45) is -4.48. The molecule has 1 aromatic rings. The molecule has 0 aromatic carbocycles. The summed E-state index contributed by atoms with van der Waals surface area (Å²) in [7, 11) is 0.994. The van der Waals surface area contributed by atoms with Crippen molar-refractivity contribution in [2.75, 3.05) is 7.11 Å². The fourth-order valence-corrected chi connectivity index (χ4v) is 1.16. The Labute approximate surface area is 97.3 Å². The lowest BCUT2D eigenvalue weighted by molar-refractivity contribution is -0.390. The maximum absolute atomic E-state index is 12.7. The predicted octanol–water partition coefficient (Wildman–Crippen LogP) is 2.37. The van der Waals surface area contributed by atoms with Crippen LogP contribution in [0.1, 0.15) is 5.56 Å². The van der Waals surface area contributed by atoms with Crippen LogP contribution in [0.2, 0.25) is 0 Å². The van der Waals surface area contributed by atoms with Gasteiger partial charge in [0.15, 0.2) is 11.9 Å². The Balaban J connectivity index is 3.41. The molecule has 0 amide bonds. The minimum atomic E-state index is -5.13. The van der Waals surface area contributed by atoms with Crippen LogP contribution < -0.4 is 9.47 Å². The molecular formula is C8H6F4N2O4. The maximum atomic E-state index is 12.7. The monoisotopic (exact) mass is 270 g/mol. The zero-order chi connectivity index (χ0) is 13.9. The molecule has 0 fully saturated rings. The van der Waals surface area contributed by atoms with Crippen LogP contribution in [0.15, 0.2) is 6.20 Å². The van der Waals surface area contributed by atoms with Gasteiger partial charge < -0.3 is 19.6 Å².